The molecule has 0 aliphatic rings. The van der Waals surface area contributed by atoms with Crippen molar-refractivity contribution in [2.24, 2.45) is 0 Å². The predicted molar refractivity (Wildman–Crippen MR) is 31.2 cm³/mol. The molecule has 0 atom stereocenters. The molecular formula is C7H8Cr+3. The zero-order valence-electron chi connectivity index (χ0n) is 4.79. The Morgan fingerprint density at radius 3 is 1.75 bits per heavy atom. The van der Waals surface area contributed by atoms with E-state index in [1.807, 2.05) is 18.2 Å². The van der Waals surface area contributed by atoms with E-state index in [0.717, 1.165) is 0 Å². The molecule has 1 rings (SSSR count). The van der Waals surface area contributed by atoms with Crippen molar-refractivity contribution in [2.75, 3.05) is 0 Å². The summed E-state index contributed by atoms with van der Waals surface area (Å²) in [6, 6.07) is 10.3. The number of rotatable bonds is 0. The third-order valence-electron chi connectivity index (χ3n) is 0.940. The molecule has 0 N–H and O–H groups in total. The normalized spacial score (nSPS) is 7.62. The maximum atomic E-state index is 2.08. The molecule has 39 valence electrons. The van der Waals surface area contributed by atoms with E-state index >= 15 is 0 Å². The van der Waals surface area contributed by atoms with Crippen molar-refractivity contribution in [3.8, 4) is 0 Å². The van der Waals surface area contributed by atoms with Crippen molar-refractivity contribution >= 4 is 0 Å². The van der Waals surface area contributed by atoms with Crippen LogP contribution < -0.4 is 0 Å². The molecule has 0 aliphatic heterocycles. The van der Waals surface area contributed by atoms with Gasteiger partial charge in [-0.1, -0.05) is 35.9 Å². The van der Waals surface area contributed by atoms with Crippen LogP contribution in [0.5, 0.6) is 0 Å². The van der Waals surface area contributed by atoms with E-state index in [-0.39, 0.29) is 17.4 Å². The molecule has 0 unspecified atom stereocenters. The van der Waals surface area contributed by atoms with Crippen molar-refractivity contribution in [2.45, 2.75) is 6.92 Å². The number of benzene rings is 1. The molecule has 8 heavy (non-hydrogen) atoms. The summed E-state index contributed by atoms with van der Waals surface area (Å²) in [6.07, 6.45) is 0. The van der Waals surface area contributed by atoms with E-state index in [0.29, 0.717) is 0 Å². The molecule has 0 saturated heterocycles. The summed E-state index contributed by atoms with van der Waals surface area (Å²) in [6.45, 7) is 2.08. The second-order valence-electron chi connectivity index (χ2n) is 1.65. The Morgan fingerprint density at radius 2 is 1.50 bits per heavy atom. The van der Waals surface area contributed by atoms with Crippen molar-refractivity contribution in [3.05, 3.63) is 35.9 Å². The Hall–Kier alpha value is -0.248. The quantitative estimate of drug-likeness (QED) is 0.522. The fourth-order valence-corrected chi connectivity index (χ4v) is 0.534. The molecule has 0 amide bonds. The summed E-state index contributed by atoms with van der Waals surface area (Å²) >= 11 is 0. The fraction of sp³-hybridized carbons (Fsp3) is 0.143. The van der Waals surface area contributed by atoms with Gasteiger partial charge in [-0.25, -0.2) is 0 Å². The van der Waals surface area contributed by atoms with E-state index in [9.17, 15) is 0 Å². The van der Waals surface area contributed by atoms with Gasteiger partial charge in [-0.05, 0) is 6.92 Å². The third kappa shape index (κ3) is 2.16. The molecule has 0 aliphatic carbocycles. The average molecular weight is 144 g/mol. The minimum absolute atomic E-state index is 0. The van der Waals surface area contributed by atoms with Gasteiger partial charge >= 0.3 is 17.4 Å². The van der Waals surface area contributed by atoms with Gasteiger partial charge in [-0.3, -0.25) is 0 Å². The van der Waals surface area contributed by atoms with Gasteiger partial charge < -0.3 is 0 Å². The summed E-state index contributed by atoms with van der Waals surface area (Å²) in [4.78, 5) is 0. The molecule has 0 spiro atoms. The second kappa shape index (κ2) is 3.72. The SMILES string of the molecule is Cc1ccccc1.[Cr+3]. The minimum atomic E-state index is 0. The van der Waals surface area contributed by atoms with Gasteiger partial charge in [0.25, 0.3) is 0 Å². The number of hydrogen-bond donors (Lipinski definition) is 0. The first-order chi connectivity index (χ1) is 3.39. The first-order valence-electron chi connectivity index (χ1n) is 2.41. The molecule has 0 saturated carbocycles. The van der Waals surface area contributed by atoms with Gasteiger partial charge in [0.05, 0.1) is 0 Å². The van der Waals surface area contributed by atoms with Gasteiger partial charge in [0.1, 0.15) is 0 Å². The van der Waals surface area contributed by atoms with Crippen molar-refractivity contribution < 1.29 is 17.4 Å². The third-order valence-corrected chi connectivity index (χ3v) is 0.940. The maximum absolute atomic E-state index is 2.08. The van der Waals surface area contributed by atoms with Crippen LogP contribution in [-0.2, 0) is 17.4 Å². The van der Waals surface area contributed by atoms with Crippen molar-refractivity contribution in [1.82, 2.24) is 0 Å². The van der Waals surface area contributed by atoms with Crippen LogP contribution in [0, 0.1) is 6.92 Å². The molecule has 1 radical (unpaired) electrons. The second-order valence-corrected chi connectivity index (χ2v) is 1.65. The van der Waals surface area contributed by atoms with Crippen molar-refractivity contribution in [3.63, 3.8) is 0 Å². The zero-order chi connectivity index (χ0) is 5.11. The molecule has 0 heterocycles. The zero-order valence-corrected chi connectivity index (χ0v) is 6.07. The average Bonchev–Trinajstić information content (AvgIpc) is 1.69. The molecule has 1 heteroatoms. The van der Waals surface area contributed by atoms with Crippen molar-refractivity contribution in [1.29, 1.82) is 0 Å². The topological polar surface area (TPSA) is 0 Å². The first-order valence-corrected chi connectivity index (χ1v) is 2.41. The molecular weight excluding hydrogens is 136 g/mol. The Bertz CT molecular complexity index is 134. The number of aryl methyl sites for hydroxylation is 1. The fourth-order valence-electron chi connectivity index (χ4n) is 0.534. The Balaban J connectivity index is 0.000000490. The standard InChI is InChI=1S/C7H8.Cr/c1-7-5-3-2-4-6-7;/h2-6H,1H3;/q;+3. The van der Waals surface area contributed by atoms with Gasteiger partial charge in [-0.2, -0.15) is 0 Å². The van der Waals surface area contributed by atoms with Crippen LogP contribution in [-0.4, -0.2) is 0 Å². The van der Waals surface area contributed by atoms with Gasteiger partial charge in [0.15, 0.2) is 0 Å². The van der Waals surface area contributed by atoms with Crippen LogP contribution in [0.1, 0.15) is 5.56 Å². The minimum Gasteiger partial charge on any atom is -0.0622 e. The monoisotopic (exact) mass is 144 g/mol. The van der Waals surface area contributed by atoms with Crippen LogP contribution in [0.3, 0.4) is 0 Å². The van der Waals surface area contributed by atoms with E-state index in [4.69, 9.17) is 0 Å². The van der Waals surface area contributed by atoms with Crippen LogP contribution in [0.2, 0.25) is 0 Å². The van der Waals surface area contributed by atoms with Crippen LogP contribution in [0.4, 0.5) is 0 Å². The molecule has 1 aromatic carbocycles. The van der Waals surface area contributed by atoms with Crippen LogP contribution in [0.25, 0.3) is 0 Å². The Kier molecular flexibility index (Phi) is 3.60. The Labute approximate surface area is 60.7 Å². The molecule has 1 aromatic rings. The van der Waals surface area contributed by atoms with Gasteiger partial charge in [-0.15, -0.1) is 0 Å². The summed E-state index contributed by atoms with van der Waals surface area (Å²) in [5.41, 5.74) is 1.32. The predicted octanol–water partition coefficient (Wildman–Crippen LogP) is 1.99. The molecule has 0 bridgehead atoms. The van der Waals surface area contributed by atoms with E-state index in [1.165, 1.54) is 5.56 Å². The van der Waals surface area contributed by atoms with Gasteiger partial charge in [0.2, 0.25) is 0 Å². The van der Waals surface area contributed by atoms with Crippen LogP contribution >= 0.6 is 0 Å². The first kappa shape index (κ1) is 7.75. The molecule has 0 fully saturated rings. The Morgan fingerprint density at radius 1 is 1.00 bits per heavy atom. The molecule has 0 aromatic heterocycles. The van der Waals surface area contributed by atoms with E-state index in [2.05, 4.69) is 19.1 Å². The largest absolute Gasteiger partial charge is 3.00 e. The number of hydrogen-bond acceptors (Lipinski definition) is 0. The summed E-state index contributed by atoms with van der Waals surface area (Å²) in [5.74, 6) is 0. The van der Waals surface area contributed by atoms with E-state index in [1.54, 1.807) is 0 Å². The maximum Gasteiger partial charge on any atom is 3.00 e. The summed E-state index contributed by atoms with van der Waals surface area (Å²) in [5, 5.41) is 0. The molecule has 0 nitrogen and oxygen atoms in total. The van der Waals surface area contributed by atoms with E-state index < -0.39 is 0 Å². The smallest absolute Gasteiger partial charge is 0.0622 e. The van der Waals surface area contributed by atoms with Crippen LogP contribution in [0.15, 0.2) is 30.3 Å². The summed E-state index contributed by atoms with van der Waals surface area (Å²) < 4.78 is 0. The van der Waals surface area contributed by atoms with Gasteiger partial charge in [0, 0.05) is 0 Å². The summed E-state index contributed by atoms with van der Waals surface area (Å²) in [7, 11) is 0.